The number of alkyl halides is 5. The Morgan fingerprint density at radius 1 is 1.18 bits per heavy atom. The molecule has 3 atom stereocenters. The van der Waals surface area contributed by atoms with Gasteiger partial charge in [0, 0.05) is 5.75 Å². The Hall–Kier alpha value is -0.0000000000000000555. The van der Waals surface area contributed by atoms with Crippen LogP contribution in [0.3, 0.4) is 0 Å². The fourth-order valence-electron chi connectivity index (χ4n) is 0.837. The first-order valence-electron chi connectivity index (χ1n) is 2.89. The smallest absolute Gasteiger partial charge is 0.243 e. The summed E-state index contributed by atoms with van der Waals surface area (Å²) in [6, 6.07) is 0. The Kier molecular flexibility index (Phi) is 2.32. The molecule has 0 spiro atoms. The summed E-state index contributed by atoms with van der Waals surface area (Å²) in [4.78, 5) is 0. The lowest BCUT2D eigenvalue weighted by molar-refractivity contribution is -0.183. The van der Waals surface area contributed by atoms with Crippen molar-refractivity contribution in [2.75, 3.05) is 5.75 Å². The lowest BCUT2D eigenvalue weighted by atomic mass is 10.1. The van der Waals surface area contributed by atoms with Gasteiger partial charge in [-0.3, -0.25) is 0 Å². The Morgan fingerprint density at radius 3 is 1.91 bits per heavy atom. The maximum absolute atomic E-state index is 12.4. The van der Waals surface area contributed by atoms with Gasteiger partial charge < -0.3 is 0 Å². The summed E-state index contributed by atoms with van der Waals surface area (Å²) in [6.07, 6.45) is -6.99. The van der Waals surface area contributed by atoms with Gasteiger partial charge >= 0.3 is 6.18 Å². The van der Waals surface area contributed by atoms with E-state index in [1.165, 1.54) is 0 Å². The number of thioether (sulfide) groups is 1. The van der Waals surface area contributed by atoms with E-state index in [9.17, 15) is 22.0 Å². The molecule has 0 N–H and O–H groups in total. The predicted molar refractivity (Wildman–Crippen MR) is 31.8 cm³/mol. The third-order valence-electron chi connectivity index (χ3n) is 1.49. The van der Waals surface area contributed by atoms with Crippen LogP contribution in [-0.4, -0.2) is 23.6 Å². The van der Waals surface area contributed by atoms with E-state index in [1.807, 2.05) is 0 Å². The van der Waals surface area contributed by atoms with Gasteiger partial charge in [-0.15, -0.1) is 11.8 Å². The second-order valence-corrected chi connectivity index (χ2v) is 3.39. The van der Waals surface area contributed by atoms with Crippen molar-refractivity contribution in [3.63, 3.8) is 0 Å². The van der Waals surface area contributed by atoms with Crippen LogP contribution in [0.4, 0.5) is 22.0 Å². The maximum Gasteiger partial charge on any atom is 0.395 e. The molecule has 0 aromatic rings. The van der Waals surface area contributed by atoms with Gasteiger partial charge in [-0.05, 0) is 0 Å². The molecule has 66 valence electrons. The zero-order valence-electron chi connectivity index (χ0n) is 5.24. The van der Waals surface area contributed by atoms with Crippen molar-refractivity contribution in [3.05, 3.63) is 0 Å². The molecule has 3 unspecified atom stereocenters. The van der Waals surface area contributed by atoms with Crippen LogP contribution < -0.4 is 0 Å². The number of hydrogen-bond acceptors (Lipinski definition) is 1. The summed E-state index contributed by atoms with van der Waals surface area (Å²) in [5.41, 5.74) is -2.01. The highest BCUT2D eigenvalue weighted by atomic mass is 32.2. The Labute approximate surface area is 64.1 Å². The highest BCUT2D eigenvalue weighted by Gasteiger charge is 2.52. The number of halogens is 5. The van der Waals surface area contributed by atoms with E-state index >= 15 is 0 Å². The van der Waals surface area contributed by atoms with E-state index in [4.69, 9.17) is 0 Å². The Balaban J connectivity index is 2.62. The summed E-state index contributed by atoms with van der Waals surface area (Å²) in [5, 5.41) is 0. The monoisotopic (exact) mass is 192 g/mol. The van der Waals surface area contributed by atoms with Gasteiger partial charge in [0.2, 0.25) is 0 Å². The molecular weight excluding hydrogens is 187 g/mol. The van der Waals surface area contributed by atoms with Crippen molar-refractivity contribution in [2.24, 2.45) is 5.92 Å². The summed E-state index contributed by atoms with van der Waals surface area (Å²) in [5.74, 6) is -2.63. The molecule has 0 nitrogen and oxygen atoms in total. The second-order valence-electron chi connectivity index (χ2n) is 2.28. The van der Waals surface area contributed by atoms with Crippen molar-refractivity contribution in [2.45, 2.75) is 17.9 Å². The summed E-state index contributed by atoms with van der Waals surface area (Å²) in [6.45, 7) is 0. The third-order valence-corrected chi connectivity index (χ3v) is 2.62. The SMILES string of the molecule is FC1SCC(C(F)(F)F)C1F. The van der Waals surface area contributed by atoms with Crippen molar-refractivity contribution in [1.82, 2.24) is 0 Å². The molecule has 0 bridgehead atoms. The first-order valence-corrected chi connectivity index (χ1v) is 3.94. The highest BCUT2D eigenvalue weighted by Crippen LogP contribution is 2.43. The molecular formula is C5H5F5S. The van der Waals surface area contributed by atoms with E-state index in [0.29, 0.717) is 11.8 Å². The lowest BCUT2D eigenvalue weighted by Crippen LogP contribution is -2.31. The number of hydrogen-bond donors (Lipinski definition) is 0. The molecule has 1 fully saturated rings. The fraction of sp³-hybridized carbons (Fsp3) is 1.00. The van der Waals surface area contributed by atoms with Gasteiger partial charge in [-0.2, -0.15) is 13.2 Å². The lowest BCUT2D eigenvalue weighted by Gasteiger charge is -2.15. The quantitative estimate of drug-likeness (QED) is 0.531. The summed E-state index contributed by atoms with van der Waals surface area (Å²) < 4.78 is 59.8. The molecule has 0 aliphatic carbocycles. The average molecular weight is 192 g/mol. The highest BCUT2D eigenvalue weighted by molar-refractivity contribution is 8.00. The molecule has 0 amide bonds. The molecule has 0 saturated carbocycles. The largest absolute Gasteiger partial charge is 0.395 e. The third kappa shape index (κ3) is 1.77. The minimum Gasteiger partial charge on any atom is -0.243 e. The molecule has 0 aromatic heterocycles. The zero-order chi connectivity index (χ0) is 8.65. The van der Waals surface area contributed by atoms with Crippen LogP contribution in [0.25, 0.3) is 0 Å². The minimum absolute atomic E-state index is 0.379. The van der Waals surface area contributed by atoms with Gasteiger partial charge in [0.15, 0.2) is 11.7 Å². The molecule has 1 saturated heterocycles. The number of rotatable bonds is 0. The molecule has 1 heterocycles. The molecule has 1 rings (SSSR count). The fourth-order valence-corrected chi connectivity index (χ4v) is 1.97. The molecule has 1 aliphatic heterocycles. The van der Waals surface area contributed by atoms with E-state index in [1.54, 1.807) is 0 Å². The molecule has 0 radical (unpaired) electrons. The van der Waals surface area contributed by atoms with Crippen molar-refractivity contribution in [3.8, 4) is 0 Å². The topological polar surface area (TPSA) is 0 Å². The normalized spacial score (nSPS) is 39.5. The average Bonchev–Trinajstić information content (AvgIpc) is 2.11. The van der Waals surface area contributed by atoms with E-state index in [-0.39, 0.29) is 0 Å². The van der Waals surface area contributed by atoms with E-state index in [0.717, 1.165) is 0 Å². The standard InChI is InChI=1S/C5H5F5S/c6-3-2(5(8,9)10)1-11-4(3)7/h2-4H,1H2. The van der Waals surface area contributed by atoms with Crippen LogP contribution in [-0.2, 0) is 0 Å². The minimum atomic E-state index is -4.60. The zero-order valence-corrected chi connectivity index (χ0v) is 6.05. The van der Waals surface area contributed by atoms with Crippen LogP contribution in [0.1, 0.15) is 0 Å². The molecule has 11 heavy (non-hydrogen) atoms. The van der Waals surface area contributed by atoms with Gasteiger partial charge in [-0.1, -0.05) is 0 Å². The predicted octanol–water partition coefficient (Wildman–Crippen LogP) is 2.55. The molecule has 6 heteroatoms. The van der Waals surface area contributed by atoms with E-state index < -0.39 is 29.5 Å². The Bertz CT molecular complexity index is 144. The molecule has 0 aromatic carbocycles. The van der Waals surface area contributed by atoms with Crippen molar-refractivity contribution in [1.29, 1.82) is 0 Å². The summed E-state index contributed by atoms with van der Waals surface area (Å²) in [7, 11) is 0. The van der Waals surface area contributed by atoms with Crippen molar-refractivity contribution < 1.29 is 22.0 Å². The van der Waals surface area contributed by atoms with Gasteiger partial charge in [0.25, 0.3) is 0 Å². The maximum atomic E-state index is 12.4. The second kappa shape index (κ2) is 2.80. The van der Waals surface area contributed by atoms with Gasteiger partial charge in [0.05, 0.1) is 5.92 Å². The van der Waals surface area contributed by atoms with Crippen LogP contribution >= 0.6 is 11.8 Å². The van der Waals surface area contributed by atoms with E-state index in [2.05, 4.69) is 0 Å². The van der Waals surface area contributed by atoms with Crippen LogP contribution in [0.15, 0.2) is 0 Å². The van der Waals surface area contributed by atoms with Gasteiger partial charge in [-0.25, -0.2) is 8.78 Å². The summed E-state index contributed by atoms with van der Waals surface area (Å²) >= 11 is 0.379. The van der Waals surface area contributed by atoms with Crippen LogP contribution in [0.5, 0.6) is 0 Å². The first-order chi connectivity index (χ1) is 4.93. The van der Waals surface area contributed by atoms with Crippen LogP contribution in [0, 0.1) is 5.92 Å². The first kappa shape index (κ1) is 9.09. The van der Waals surface area contributed by atoms with Crippen LogP contribution in [0.2, 0.25) is 0 Å². The Morgan fingerprint density at radius 2 is 1.73 bits per heavy atom. The van der Waals surface area contributed by atoms with Gasteiger partial charge in [0.1, 0.15) is 0 Å². The van der Waals surface area contributed by atoms with Crippen molar-refractivity contribution >= 4 is 11.8 Å². The molecule has 1 aliphatic rings.